The summed E-state index contributed by atoms with van der Waals surface area (Å²) >= 11 is 6.28. The number of hydrogen-bond donors (Lipinski definition) is 1. The molecule has 28 heavy (non-hydrogen) atoms. The van der Waals surface area contributed by atoms with Crippen molar-refractivity contribution in [3.05, 3.63) is 89.2 Å². The molecule has 0 aliphatic carbocycles. The maximum atomic E-state index is 12.4. The first-order valence-electron chi connectivity index (χ1n) is 8.52. The van der Waals surface area contributed by atoms with E-state index in [0.717, 1.165) is 0 Å². The fourth-order valence-corrected chi connectivity index (χ4v) is 2.74. The highest BCUT2D eigenvalue weighted by molar-refractivity contribution is 6.34. The molecule has 2 amide bonds. The van der Waals surface area contributed by atoms with Gasteiger partial charge in [-0.2, -0.15) is 0 Å². The zero-order chi connectivity index (χ0) is 19.9. The molecule has 0 saturated carbocycles. The smallest absolute Gasteiger partial charge is 0.410 e. The number of pyridine rings is 1. The van der Waals surface area contributed by atoms with E-state index in [4.69, 9.17) is 16.3 Å². The Morgan fingerprint density at radius 1 is 1.04 bits per heavy atom. The molecule has 7 heteroatoms. The zero-order valence-electron chi connectivity index (χ0n) is 15.1. The molecule has 0 aliphatic rings. The molecule has 0 saturated heterocycles. The molecule has 142 valence electrons. The highest BCUT2D eigenvalue weighted by atomic mass is 35.5. The molecular formula is C21H18ClN3O3. The number of carbonyl (C=O) groups excluding carboxylic acids is 2. The van der Waals surface area contributed by atoms with Crippen LogP contribution < -0.4 is 10.1 Å². The van der Waals surface area contributed by atoms with Crippen LogP contribution in [0, 0.1) is 0 Å². The quantitative estimate of drug-likeness (QED) is 0.684. The van der Waals surface area contributed by atoms with Crippen LogP contribution in [0.3, 0.4) is 0 Å². The van der Waals surface area contributed by atoms with Gasteiger partial charge in [-0.15, -0.1) is 0 Å². The number of para-hydroxylation sites is 2. The van der Waals surface area contributed by atoms with Crippen molar-refractivity contribution in [3.63, 3.8) is 0 Å². The summed E-state index contributed by atoms with van der Waals surface area (Å²) in [5.74, 6) is 0.0681. The number of hydrogen-bond acceptors (Lipinski definition) is 4. The highest BCUT2D eigenvalue weighted by Crippen LogP contribution is 2.27. The van der Waals surface area contributed by atoms with E-state index in [2.05, 4.69) is 10.3 Å². The van der Waals surface area contributed by atoms with Crippen molar-refractivity contribution >= 4 is 29.3 Å². The molecule has 0 radical (unpaired) electrons. The second-order valence-electron chi connectivity index (χ2n) is 5.98. The summed E-state index contributed by atoms with van der Waals surface area (Å²) in [7, 11) is 1.61. The minimum absolute atomic E-state index is 0.198. The number of nitrogens with one attached hydrogen (secondary N) is 1. The van der Waals surface area contributed by atoms with Crippen molar-refractivity contribution in [1.82, 2.24) is 9.88 Å². The van der Waals surface area contributed by atoms with Crippen LogP contribution in [0.15, 0.2) is 72.9 Å². The van der Waals surface area contributed by atoms with E-state index in [1.165, 1.54) is 11.1 Å². The van der Waals surface area contributed by atoms with Gasteiger partial charge in [0, 0.05) is 13.2 Å². The van der Waals surface area contributed by atoms with Crippen LogP contribution >= 0.6 is 11.6 Å². The van der Waals surface area contributed by atoms with Crippen LogP contribution in [0.4, 0.5) is 10.5 Å². The van der Waals surface area contributed by atoms with Gasteiger partial charge in [0.15, 0.2) is 0 Å². The van der Waals surface area contributed by atoms with Crippen molar-refractivity contribution in [3.8, 4) is 5.75 Å². The Bertz CT molecular complexity index is 965. The number of ether oxygens (including phenoxy) is 1. The minimum Gasteiger partial charge on any atom is -0.410 e. The van der Waals surface area contributed by atoms with Gasteiger partial charge in [-0.05, 0) is 35.9 Å². The lowest BCUT2D eigenvalue weighted by Gasteiger charge is -2.19. The Morgan fingerprint density at radius 3 is 2.50 bits per heavy atom. The van der Waals surface area contributed by atoms with Crippen molar-refractivity contribution in [1.29, 1.82) is 0 Å². The molecule has 0 atom stereocenters. The number of carbonyl (C=O) groups is 2. The molecule has 1 heterocycles. The van der Waals surface area contributed by atoms with E-state index in [9.17, 15) is 9.59 Å². The van der Waals surface area contributed by atoms with Gasteiger partial charge in [-0.3, -0.25) is 9.78 Å². The number of rotatable bonds is 5. The number of aromatic nitrogens is 1. The molecular weight excluding hydrogens is 378 g/mol. The first kappa shape index (κ1) is 19.4. The summed E-state index contributed by atoms with van der Waals surface area (Å²) in [5.41, 5.74) is 1.37. The first-order valence-corrected chi connectivity index (χ1v) is 8.90. The van der Waals surface area contributed by atoms with Crippen molar-refractivity contribution in [2.75, 3.05) is 12.4 Å². The van der Waals surface area contributed by atoms with Crippen molar-refractivity contribution < 1.29 is 14.3 Å². The molecule has 0 bridgehead atoms. The Balaban J connectivity index is 1.74. The second-order valence-corrected chi connectivity index (χ2v) is 6.39. The van der Waals surface area contributed by atoms with E-state index in [0.29, 0.717) is 22.0 Å². The molecule has 1 aromatic heterocycles. The average molecular weight is 396 g/mol. The Kier molecular flexibility index (Phi) is 6.24. The Morgan fingerprint density at radius 2 is 1.79 bits per heavy atom. The Hall–Kier alpha value is -3.38. The third-order valence-corrected chi connectivity index (χ3v) is 4.22. The number of benzene rings is 2. The molecule has 3 rings (SSSR count). The van der Waals surface area contributed by atoms with E-state index >= 15 is 0 Å². The van der Waals surface area contributed by atoms with Gasteiger partial charge in [0.25, 0.3) is 5.91 Å². The average Bonchev–Trinajstić information content (AvgIpc) is 2.71. The van der Waals surface area contributed by atoms with E-state index < -0.39 is 6.09 Å². The predicted molar refractivity (Wildman–Crippen MR) is 108 cm³/mol. The van der Waals surface area contributed by atoms with Gasteiger partial charge < -0.3 is 15.0 Å². The van der Waals surface area contributed by atoms with Gasteiger partial charge >= 0.3 is 6.09 Å². The summed E-state index contributed by atoms with van der Waals surface area (Å²) in [4.78, 5) is 30.2. The van der Waals surface area contributed by atoms with Crippen molar-refractivity contribution in [2.45, 2.75) is 6.54 Å². The number of nitrogens with zero attached hydrogens (tertiary/aromatic N) is 2. The molecule has 0 fully saturated rings. The topological polar surface area (TPSA) is 71.5 Å². The van der Waals surface area contributed by atoms with Crippen LogP contribution in [-0.4, -0.2) is 28.9 Å². The minimum atomic E-state index is -0.520. The Labute approximate surface area is 167 Å². The van der Waals surface area contributed by atoms with E-state index in [1.807, 2.05) is 6.07 Å². The van der Waals surface area contributed by atoms with Crippen molar-refractivity contribution in [2.24, 2.45) is 0 Å². The molecule has 0 aliphatic heterocycles. The highest BCUT2D eigenvalue weighted by Gasteiger charge is 2.17. The predicted octanol–water partition coefficient (Wildman–Crippen LogP) is 4.62. The van der Waals surface area contributed by atoms with Gasteiger partial charge in [-0.25, -0.2) is 4.79 Å². The molecule has 0 unspecified atom stereocenters. The lowest BCUT2D eigenvalue weighted by atomic mass is 10.1. The van der Waals surface area contributed by atoms with E-state index in [-0.39, 0.29) is 18.1 Å². The maximum Gasteiger partial charge on any atom is 0.415 e. The molecule has 1 N–H and O–H groups in total. The van der Waals surface area contributed by atoms with Crippen LogP contribution in [0.5, 0.6) is 5.75 Å². The van der Waals surface area contributed by atoms with Crippen LogP contribution in [0.2, 0.25) is 5.02 Å². The maximum absolute atomic E-state index is 12.4. The summed E-state index contributed by atoms with van der Waals surface area (Å²) in [6.07, 6.45) is 1.02. The summed E-state index contributed by atoms with van der Waals surface area (Å²) in [6.45, 7) is 0.198. The second kappa shape index (κ2) is 9.01. The third-order valence-electron chi connectivity index (χ3n) is 3.90. The van der Waals surface area contributed by atoms with Gasteiger partial charge in [0.2, 0.25) is 0 Å². The SMILES string of the molecule is CN(Cc1cccc(Cl)c1NC(=O)c1ccccn1)C(=O)Oc1ccccc1. The van der Waals surface area contributed by atoms with Gasteiger partial charge in [0.05, 0.1) is 17.3 Å². The molecule has 6 nitrogen and oxygen atoms in total. The standard InChI is InChI=1S/C21H18ClN3O3/c1-25(21(27)28-16-9-3-2-4-10-16)14-15-8-7-11-17(22)19(15)24-20(26)18-12-5-6-13-23-18/h2-13H,14H2,1H3,(H,24,26). The van der Waals surface area contributed by atoms with Crippen LogP contribution in [0.1, 0.15) is 16.1 Å². The van der Waals surface area contributed by atoms with Gasteiger partial charge in [-0.1, -0.05) is 48.0 Å². The number of amides is 2. The summed E-state index contributed by atoms with van der Waals surface area (Å²) < 4.78 is 5.33. The normalized spacial score (nSPS) is 10.2. The fourth-order valence-electron chi connectivity index (χ4n) is 2.50. The third kappa shape index (κ3) is 4.86. The fraction of sp³-hybridized carbons (Fsp3) is 0.0952. The summed E-state index contributed by atoms with van der Waals surface area (Å²) in [6, 6.07) is 19.1. The van der Waals surface area contributed by atoms with Gasteiger partial charge in [0.1, 0.15) is 11.4 Å². The zero-order valence-corrected chi connectivity index (χ0v) is 15.9. The lowest BCUT2D eigenvalue weighted by molar-refractivity contribution is 0.102. The molecule has 2 aromatic carbocycles. The number of halogens is 1. The molecule has 3 aromatic rings. The van der Waals surface area contributed by atoms with Crippen LogP contribution in [0.25, 0.3) is 0 Å². The lowest BCUT2D eigenvalue weighted by Crippen LogP contribution is -2.29. The summed E-state index contributed by atoms with van der Waals surface area (Å²) in [5, 5.41) is 3.14. The molecule has 0 spiro atoms. The van der Waals surface area contributed by atoms with Crippen LogP contribution in [-0.2, 0) is 6.54 Å². The largest absolute Gasteiger partial charge is 0.415 e. The first-order chi connectivity index (χ1) is 13.5. The van der Waals surface area contributed by atoms with E-state index in [1.54, 1.807) is 67.7 Å². The monoisotopic (exact) mass is 395 g/mol. The number of anilines is 1.